The monoisotopic (exact) mass is 343 g/mol. The maximum absolute atomic E-state index is 12.1. The number of carbonyl (C=O) groups is 1. The molecule has 1 N–H and O–H groups in total. The van der Waals surface area contributed by atoms with Gasteiger partial charge in [-0.25, -0.2) is 0 Å². The van der Waals surface area contributed by atoms with Gasteiger partial charge >= 0.3 is 0 Å². The number of halogens is 1. The van der Waals surface area contributed by atoms with E-state index in [2.05, 4.69) is 21.2 Å². The Bertz CT molecular complexity index is 447. The molecule has 0 atom stereocenters. The lowest BCUT2D eigenvalue weighted by Crippen LogP contribution is -2.19. The van der Waals surface area contributed by atoms with E-state index >= 15 is 0 Å². The van der Waals surface area contributed by atoms with E-state index in [-0.39, 0.29) is 5.91 Å². The summed E-state index contributed by atoms with van der Waals surface area (Å²) >= 11 is 5.38. The van der Waals surface area contributed by atoms with Crippen molar-refractivity contribution in [3.8, 4) is 5.75 Å². The van der Waals surface area contributed by atoms with Gasteiger partial charge in [-0.3, -0.25) is 4.79 Å². The summed E-state index contributed by atoms with van der Waals surface area (Å²) in [6.07, 6.45) is 2.90. The Balaban J connectivity index is 1.95. The molecular formula is C14H18BrNO2S. The Kier molecular flexibility index (Phi) is 5.58. The number of amides is 1. The molecule has 0 aliphatic carbocycles. The van der Waals surface area contributed by atoms with Crippen LogP contribution in [0.3, 0.4) is 0 Å². The highest BCUT2D eigenvalue weighted by Crippen LogP contribution is 2.29. The number of carbonyl (C=O) groups excluding carboxylic acids is 1. The standard InChI is InChI=1S/C14H18BrNO2S/c1-18-13-3-2-11(15)9-12(13)16-14(17)8-10-4-6-19-7-5-10/h2-3,9-10H,4-8H2,1H3,(H,16,17). The number of anilines is 1. The third-order valence-corrected chi connectivity index (χ3v) is 4.79. The molecule has 1 saturated heterocycles. The summed E-state index contributed by atoms with van der Waals surface area (Å²) in [6, 6.07) is 5.61. The van der Waals surface area contributed by atoms with Crippen LogP contribution >= 0.6 is 27.7 Å². The smallest absolute Gasteiger partial charge is 0.224 e. The molecule has 19 heavy (non-hydrogen) atoms. The largest absolute Gasteiger partial charge is 0.495 e. The SMILES string of the molecule is COc1ccc(Br)cc1NC(=O)CC1CCSCC1. The summed E-state index contributed by atoms with van der Waals surface area (Å²) in [5.74, 6) is 3.65. The lowest BCUT2D eigenvalue weighted by Gasteiger charge is -2.21. The minimum absolute atomic E-state index is 0.0771. The van der Waals surface area contributed by atoms with Gasteiger partial charge in [0, 0.05) is 10.9 Å². The van der Waals surface area contributed by atoms with Crippen molar-refractivity contribution in [2.24, 2.45) is 5.92 Å². The van der Waals surface area contributed by atoms with Crippen LogP contribution in [0.25, 0.3) is 0 Å². The molecule has 1 aliphatic rings. The van der Waals surface area contributed by atoms with Crippen molar-refractivity contribution in [3.05, 3.63) is 22.7 Å². The van der Waals surface area contributed by atoms with Crippen LogP contribution in [0, 0.1) is 5.92 Å². The first kappa shape index (κ1) is 14.7. The summed E-state index contributed by atoms with van der Waals surface area (Å²) in [4.78, 5) is 12.1. The molecule has 3 nitrogen and oxygen atoms in total. The van der Waals surface area contributed by atoms with Crippen LogP contribution in [-0.2, 0) is 4.79 Å². The fraction of sp³-hybridized carbons (Fsp3) is 0.500. The summed E-state index contributed by atoms with van der Waals surface area (Å²) in [5.41, 5.74) is 0.729. The molecule has 0 radical (unpaired) electrons. The molecule has 1 aromatic rings. The molecule has 5 heteroatoms. The number of thioether (sulfide) groups is 1. The van der Waals surface area contributed by atoms with Crippen LogP contribution in [0.15, 0.2) is 22.7 Å². The summed E-state index contributed by atoms with van der Waals surface area (Å²) in [7, 11) is 1.61. The van der Waals surface area contributed by atoms with Gasteiger partial charge in [0.2, 0.25) is 5.91 Å². The Labute approximate surface area is 126 Å². The normalized spacial score (nSPS) is 16.1. The summed E-state index contributed by atoms with van der Waals surface area (Å²) in [6.45, 7) is 0. The maximum atomic E-state index is 12.1. The molecule has 1 amide bonds. The van der Waals surface area contributed by atoms with Crippen LogP contribution in [0.1, 0.15) is 19.3 Å². The van der Waals surface area contributed by atoms with E-state index < -0.39 is 0 Å². The van der Waals surface area contributed by atoms with E-state index in [1.54, 1.807) is 7.11 Å². The fourth-order valence-electron chi connectivity index (χ4n) is 2.19. The summed E-state index contributed by atoms with van der Waals surface area (Å²) in [5, 5.41) is 2.95. The molecule has 1 aliphatic heterocycles. The van der Waals surface area contributed by atoms with Gasteiger partial charge < -0.3 is 10.1 Å². The lowest BCUT2D eigenvalue weighted by atomic mass is 9.98. The van der Waals surface area contributed by atoms with E-state index in [9.17, 15) is 4.79 Å². The van der Waals surface area contributed by atoms with Crippen molar-refractivity contribution in [3.63, 3.8) is 0 Å². The van der Waals surface area contributed by atoms with Crippen molar-refractivity contribution < 1.29 is 9.53 Å². The van der Waals surface area contributed by atoms with Gasteiger partial charge in [-0.15, -0.1) is 0 Å². The zero-order valence-electron chi connectivity index (χ0n) is 10.9. The molecule has 2 rings (SSSR count). The summed E-state index contributed by atoms with van der Waals surface area (Å²) < 4.78 is 6.18. The quantitative estimate of drug-likeness (QED) is 0.899. The minimum Gasteiger partial charge on any atom is -0.495 e. The zero-order chi connectivity index (χ0) is 13.7. The molecule has 1 heterocycles. The van der Waals surface area contributed by atoms with Crippen molar-refractivity contribution in [2.75, 3.05) is 23.9 Å². The number of nitrogens with one attached hydrogen (secondary N) is 1. The Morgan fingerprint density at radius 1 is 1.47 bits per heavy atom. The van der Waals surface area contributed by atoms with E-state index in [0.29, 0.717) is 18.1 Å². The number of benzene rings is 1. The second kappa shape index (κ2) is 7.20. The van der Waals surface area contributed by atoms with E-state index in [1.807, 2.05) is 30.0 Å². The average Bonchev–Trinajstić information content (AvgIpc) is 2.40. The van der Waals surface area contributed by atoms with Crippen molar-refractivity contribution in [2.45, 2.75) is 19.3 Å². The molecule has 0 unspecified atom stereocenters. The van der Waals surface area contributed by atoms with Crippen molar-refractivity contribution in [1.29, 1.82) is 0 Å². The van der Waals surface area contributed by atoms with Crippen LogP contribution in [0.4, 0.5) is 5.69 Å². The highest BCUT2D eigenvalue weighted by molar-refractivity contribution is 9.10. The highest BCUT2D eigenvalue weighted by Gasteiger charge is 2.18. The highest BCUT2D eigenvalue weighted by atomic mass is 79.9. The molecule has 1 fully saturated rings. The van der Waals surface area contributed by atoms with Gasteiger partial charge in [-0.05, 0) is 48.5 Å². The van der Waals surface area contributed by atoms with Crippen molar-refractivity contribution in [1.82, 2.24) is 0 Å². The van der Waals surface area contributed by atoms with Gasteiger partial charge in [-0.2, -0.15) is 11.8 Å². The fourth-order valence-corrected chi connectivity index (χ4v) is 3.76. The molecular weight excluding hydrogens is 326 g/mol. The van der Waals surface area contributed by atoms with Gasteiger partial charge in [0.1, 0.15) is 5.75 Å². The van der Waals surface area contributed by atoms with Gasteiger partial charge in [0.25, 0.3) is 0 Å². The van der Waals surface area contributed by atoms with Gasteiger partial charge in [0.15, 0.2) is 0 Å². The van der Waals surface area contributed by atoms with Crippen LogP contribution < -0.4 is 10.1 Å². The number of ether oxygens (including phenoxy) is 1. The average molecular weight is 344 g/mol. The molecule has 0 aromatic heterocycles. The molecule has 0 spiro atoms. The first-order chi connectivity index (χ1) is 9.19. The molecule has 104 valence electrons. The number of methoxy groups -OCH3 is 1. The Morgan fingerprint density at radius 3 is 2.89 bits per heavy atom. The van der Waals surface area contributed by atoms with E-state index in [4.69, 9.17) is 4.74 Å². The molecule has 0 bridgehead atoms. The zero-order valence-corrected chi connectivity index (χ0v) is 13.4. The number of rotatable bonds is 4. The van der Waals surface area contributed by atoms with Gasteiger partial charge in [0.05, 0.1) is 12.8 Å². The van der Waals surface area contributed by atoms with E-state index in [0.717, 1.165) is 23.0 Å². The van der Waals surface area contributed by atoms with Crippen LogP contribution in [0.2, 0.25) is 0 Å². The van der Waals surface area contributed by atoms with E-state index in [1.165, 1.54) is 11.5 Å². The van der Waals surface area contributed by atoms with Crippen LogP contribution in [0.5, 0.6) is 5.75 Å². The molecule has 1 aromatic carbocycles. The first-order valence-electron chi connectivity index (χ1n) is 6.40. The second-order valence-corrected chi connectivity index (χ2v) is 6.79. The van der Waals surface area contributed by atoms with Gasteiger partial charge in [-0.1, -0.05) is 15.9 Å². The lowest BCUT2D eigenvalue weighted by molar-refractivity contribution is -0.117. The van der Waals surface area contributed by atoms with Crippen LogP contribution in [-0.4, -0.2) is 24.5 Å². The first-order valence-corrected chi connectivity index (χ1v) is 8.35. The second-order valence-electron chi connectivity index (χ2n) is 4.65. The van der Waals surface area contributed by atoms with Crippen molar-refractivity contribution >= 4 is 39.3 Å². The molecule has 0 saturated carbocycles. The Morgan fingerprint density at radius 2 is 2.21 bits per heavy atom. The third kappa shape index (κ3) is 4.42. The maximum Gasteiger partial charge on any atom is 0.224 e. The minimum atomic E-state index is 0.0771. The Hall–Kier alpha value is -0.680. The number of hydrogen-bond donors (Lipinski definition) is 1. The predicted octanol–water partition coefficient (Wildman–Crippen LogP) is 3.93. The predicted molar refractivity (Wildman–Crippen MR) is 84.0 cm³/mol. The third-order valence-electron chi connectivity index (χ3n) is 3.25. The number of hydrogen-bond acceptors (Lipinski definition) is 3. The topological polar surface area (TPSA) is 38.3 Å².